The summed E-state index contributed by atoms with van der Waals surface area (Å²) in [4.78, 5) is 10.8. The average molecular weight is 300 g/mol. The normalized spacial score (nSPS) is 10.4. The first-order valence-corrected chi connectivity index (χ1v) is 3.98. The summed E-state index contributed by atoms with van der Waals surface area (Å²) in [6, 6.07) is 5.50. The molecule has 1 amide bonds. The highest BCUT2D eigenvalue weighted by molar-refractivity contribution is 8.93. The van der Waals surface area contributed by atoms with Crippen LogP contribution in [0.15, 0.2) is 24.3 Å². The van der Waals surface area contributed by atoms with Crippen molar-refractivity contribution >= 4 is 22.9 Å². The van der Waals surface area contributed by atoms with E-state index in [1.165, 1.54) is 24.3 Å². The fourth-order valence-electron chi connectivity index (χ4n) is 0.956. The number of amides is 1. The monoisotopic (exact) mass is 299 g/mol. The van der Waals surface area contributed by atoms with Gasteiger partial charge in [0, 0.05) is 0 Å². The Morgan fingerprint density at radius 2 is 1.88 bits per heavy atom. The Kier molecular flexibility index (Phi) is 5.29. The van der Waals surface area contributed by atoms with Crippen molar-refractivity contribution in [2.45, 2.75) is 6.18 Å². The van der Waals surface area contributed by atoms with Crippen molar-refractivity contribution in [3.63, 3.8) is 0 Å². The number of halogens is 4. The lowest BCUT2D eigenvalue weighted by Crippen LogP contribution is -2.21. The molecule has 0 unspecified atom stereocenters. The molecule has 1 aromatic rings. The van der Waals surface area contributed by atoms with Crippen LogP contribution in [-0.4, -0.2) is 18.7 Å². The minimum absolute atomic E-state index is 0. The van der Waals surface area contributed by atoms with Crippen LogP contribution >= 0.6 is 17.0 Å². The van der Waals surface area contributed by atoms with E-state index < -0.39 is 18.7 Å². The van der Waals surface area contributed by atoms with E-state index in [2.05, 4.69) is 4.74 Å². The lowest BCUT2D eigenvalue weighted by Gasteiger charge is -2.11. The van der Waals surface area contributed by atoms with Crippen LogP contribution in [0.25, 0.3) is 0 Å². The van der Waals surface area contributed by atoms with Crippen molar-refractivity contribution in [3.8, 4) is 5.75 Å². The molecule has 0 atom stereocenters. The molecule has 0 aliphatic carbocycles. The van der Waals surface area contributed by atoms with Gasteiger partial charge in [0.1, 0.15) is 5.75 Å². The van der Waals surface area contributed by atoms with Gasteiger partial charge in [-0.05, 0) is 12.1 Å². The molecule has 90 valence electrons. The first kappa shape index (κ1) is 14.8. The standard InChI is InChI=1S/C9H8F3NO2.BrH/c10-9(11,12)5-15-7-4-2-1-3-6(7)8(13)14;/h1-4H,5H2,(H2,13,14);1H. The van der Waals surface area contributed by atoms with Crippen LogP contribution in [0.1, 0.15) is 10.4 Å². The van der Waals surface area contributed by atoms with Gasteiger partial charge in [-0.1, -0.05) is 12.1 Å². The molecule has 0 heterocycles. The second-order valence-corrected chi connectivity index (χ2v) is 2.76. The molecule has 0 aliphatic rings. The molecule has 2 N–H and O–H groups in total. The van der Waals surface area contributed by atoms with Gasteiger partial charge >= 0.3 is 6.18 Å². The zero-order valence-electron chi connectivity index (χ0n) is 7.95. The SMILES string of the molecule is Br.NC(=O)c1ccccc1OCC(F)(F)F. The number of ether oxygens (including phenoxy) is 1. The van der Waals surface area contributed by atoms with E-state index in [1.54, 1.807) is 0 Å². The molecular formula is C9H9BrF3NO2. The van der Waals surface area contributed by atoms with Crippen molar-refractivity contribution in [1.29, 1.82) is 0 Å². The number of benzene rings is 1. The molecule has 0 spiro atoms. The zero-order valence-corrected chi connectivity index (χ0v) is 9.67. The zero-order chi connectivity index (χ0) is 11.5. The summed E-state index contributed by atoms with van der Waals surface area (Å²) in [5, 5.41) is 0. The summed E-state index contributed by atoms with van der Waals surface area (Å²) < 4.78 is 39.9. The molecule has 3 nitrogen and oxygen atoms in total. The number of carbonyl (C=O) groups is 1. The molecule has 16 heavy (non-hydrogen) atoms. The predicted molar refractivity (Wildman–Crippen MR) is 56.8 cm³/mol. The van der Waals surface area contributed by atoms with Crippen LogP contribution in [0, 0.1) is 0 Å². The fourth-order valence-corrected chi connectivity index (χ4v) is 0.956. The maximum Gasteiger partial charge on any atom is 0.422 e. The minimum atomic E-state index is -4.44. The molecule has 0 saturated heterocycles. The summed E-state index contributed by atoms with van der Waals surface area (Å²) in [7, 11) is 0. The van der Waals surface area contributed by atoms with E-state index in [1.807, 2.05) is 0 Å². The van der Waals surface area contributed by atoms with Crippen LogP contribution in [0.3, 0.4) is 0 Å². The van der Waals surface area contributed by atoms with E-state index in [0.717, 1.165) is 0 Å². The van der Waals surface area contributed by atoms with Gasteiger partial charge < -0.3 is 10.5 Å². The smallest absolute Gasteiger partial charge is 0.422 e. The first-order chi connectivity index (χ1) is 6.90. The molecule has 0 aromatic heterocycles. The van der Waals surface area contributed by atoms with Crippen molar-refractivity contribution in [2.75, 3.05) is 6.61 Å². The Balaban J connectivity index is 0.00000225. The molecule has 1 aromatic carbocycles. The first-order valence-electron chi connectivity index (χ1n) is 3.98. The van der Waals surface area contributed by atoms with Crippen molar-refractivity contribution in [2.24, 2.45) is 5.73 Å². The lowest BCUT2D eigenvalue weighted by molar-refractivity contribution is -0.153. The predicted octanol–water partition coefficient (Wildman–Crippen LogP) is 2.30. The summed E-state index contributed by atoms with van der Waals surface area (Å²) in [5.41, 5.74) is 4.89. The van der Waals surface area contributed by atoms with Crippen molar-refractivity contribution in [3.05, 3.63) is 29.8 Å². The number of para-hydroxylation sites is 1. The van der Waals surface area contributed by atoms with E-state index >= 15 is 0 Å². The summed E-state index contributed by atoms with van der Waals surface area (Å²) in [6.07, 6.45) is -4.44. The molecule has 0 radical (unpaired) electrons. The number of hydrogen-bond acceptors (Lipinski definition) is 2. The second kappa shape index (κ2) is 5.74. The maximum atomic E-state index is 11.8. The number of hydrogen-bond donors (Lipinski definition) is 1. The highest BCUT2D eigenvalue weighted by atomic mass is 79.9. The highest BCUT2D eigenvalue weighted by Gasteiger charge is 2.29. The largest absolute Gasteiger partial charge is 0.483 e. The molecular weight excluding hydrogens is 291 g/mol. The van der Waals surface area contributed by atoms with Gasteiger partial charge in [-0.2, -0.15) is 13.2 Å². The highest BCUT2D eigenvalue weighted by Crippen LogP contribution is 2.21. The fraction of sp³-hybridized carbons (Fsp3) is 0.222. The van der Waals surface area contributed by atoms with Gasteiger partial charge in [-0.15, -0.1) is 17.0 Å². The maximum absolute atomic E-state index is 11.8. The average Bonchev–Trinajstić information content (AvgIpc) is 2.14. The molecule has 0 saturated carbocycles. The number of alkyl halides is 3. The van der Waals surface area contributed by atoms with E-state index in [9.17, 15) is 18.0 Å². The lowest BCUT2D eigenvalue weighted by atomic mass is 10.2. The Labute approximate surface area is 100 Å². The summed E-state index contributed by atoms with van der Waals surface area (Å²) in [5.74, 6) is -0.991. The minimum Gasteiger partial charge on any atom is -0.483 e. The van der Waals surface area contributed by atoms with Gasteiger partial charge in [0.15, 0.2) is 6.61 Å². The Hall–Kier alpha value is -1.24. The third kappa shape index (κ3) is 4.52. The Morgan fingerprint density at radius 3 is 2.38 bits per heavy atom. The molecule has 1 rings (SSSR count). The second-order valence-electron chi connectivity index (χ2n) is 2.76. The van der Waals surface area contributed by atoms with Gasteiger partial charge in [0.2, 0.25) is 0 Å². The number of primary amides is 1. The molecule has 0 fully saturated rings. The van der Waals surface area contributed by atoms with Crippen LogP contribution in [0.2, 0.25) is 0 Å². The van der Waals surface area contributed by atoms with E-state index in [-0.39, 0.29) is 28.3 Å². The quantitative estimate of drug-likeness (QED) is 0.931. The number of carbonyl (C=O) groups excluding carboxylic acids is 1. The van der Waals surface area contributed by atoms with Crippen LogP contribution in [0.4, 0.5) is 13.2 Å². The Bertz CT molecular complexity index is 368. The third-order valence-electron chi connectivity index (χ3n) is 1.54. The van der Waals surface area contributed by atoms with Gasteiger partial charge in [0.05, 0.1) is 5.56 Å². The van der Waals surface area contributed by atoms with Gasteiger partial charge in [-0.3, -0.25) is 4.79 Å². The van der Waals surface area contributed by atoms with E-state index in [4.69, 9.17) is 5.73 Å². The van der Waals surface area contributed by atoms with Crippen LogP contribution < -0.4 is 10.5 Å². The summed E-state index contributed by atoms with van der Waals surface area (Å²) in [6.45, 7) is -1.45. The van der Waals surface area contributed by atoms with E-state index in [0.29, 0.717) is 0 Å². The summed E-state index contributed by atoms with van der Waals surface area (Å²) >= 11 is 0. The number of rotatable bonds is 3. The topological polar surface area (TPSA) is 52.3 Å². The Morgan fingerprint density at radius 1 is 1.31 bits per heavy atom. The molecule has 7 heteroatoms. The molecule has 0 aliphatic heterocycles. The van der Waals surface area contributed by atoms with Crippen LogP contribution in [0.5, 0.6) is 5.75 Å². The third-order valence-corrected chi connectivity index (χ3v) is 1.54. The van der Waals surface area contributed by atoms with Crippen molar-refractivity contribution < 1.29 is 22.7 Å². The van der Waals surface area contributed by atoms with Gasteiger partial charge in [0.25, 0.3) is 5.91 Å². The van der Waals surface area contributed by atoms with Crippen LogP contribution in [-0.2, 0) is 0 Å². The molecule has 0 bridgehead atoms. The number of nitrogens with two attached hydrogens (primary N) is 1. The van der Waals surface area contributed by atoms with Crippen molar-refractivity contribution in [1.82, 2.24) is 0 Å². The van der Waals surface area contributed by atoms with Gasteiger partial charge in [-0.25, -0.2) is 0 Å².